The van der Waals surface area contributed by atoms with Crippen molar-refractivity contribution < 1.29 is 62.9 Å². The van der Waals surface area contributed by atoms with Crippen molar-refractivity contribution >= 4 is 0 Å². The minimum Gasteiger partial charge on any atom is -0.459 e. The zero-order valence-electron chi connectivity index (χ0n) is 22.1. The molecule has 1 saturated heterocycles. The standard InChI is InChI=1S/C29H22F10O4/c1-2-3-15-13-41-27(42-14-15)16-4-5-19(20(30)8-16)17-9-21(31)25(22(32)10-17)29(38,39)43-18-11-23(33)26(24(34)12-18)40-7-6-28(35,36)37/h4-12,15,27H,2-3,13-14H2,1H3/b7-6+. The third-order valence-electron chi connectivity index (χ3n) is 6.23. The van der Waals surface area contributed by atoms with Crippen LogP contribution in [0.4, 0.5) is 43.9 Å². The first-order valence-electron chi connectivity index (χ1n) is 12.7. The van der Waals surface area contributed by atoms with Crippen molar-refractivity contribution in [2.24, 2.45) is 5.92 Å². The van der Waals surface area contributed by atoms with Gasteiger partial charge in [-0.2, -0.15) is 22.0 Å². The molecule has 43 heavy (non-hydrogen) atoms. The number of hydrogen-bond acceptors (Lipinski definition) is 4. The maximum Gasteiger partial charge on any atom is 0.432 e. The molecule has 232 valence electrons. The Balaban J connectivity index is 1.53. The van der Waals surface area contributed by atoms with Crippen LogP contribution in [0, 0.1) is 35.0 Å². The molecule has 0 amide bonds. The van der Waals surface area contributed by atoms with Crippen LogP contribution in [0.5, 0.6) is 11.5 Å². The van der Waals surface area contributed by atoms with Crippen LogP contribution in [-0.4, -0.2) is 19.4 Å². The molecule has 0 aromatic heterocycles. The molecular formula is C29H22F10O4. The highest BCUT2D eigenvalue weighted by Crippen LogP contribution is 2.39. The van der Waals surface area contributed by atoms with Gasteiger partial charge in [0.25, 0.3) is 0 Å². The van der Waals surface area contributed by atoms with Crippen LogP contribution in [0.15, 0.2) is 54.8 Å². The lowest BCUT2D eigenvalue weighted by atomic mass is 10.00. The molecule has 4 rings (SSSR count). The Morgan fingerprint density at radius 1 is 0.814 bits per heavy atom. The quantitative estimate of drug-likeness (QED) is 0.176. The smallest absolute Gasteiger partial charge is 0.432 e. The first kappa shape index (κ1) is 32.1. The average Bonchev–Trinajstić information content (AvgIpc) is 2.89. The second kappa shape index (κ2) is 12.8. The van der Waals surface area contributed by atoms with E-state index in [2.05, 4.69) is 9.47 Å². The highest BCUT2D eigenvalue weighted by molar-refractivity contribution is 5.65. The second-order valence-corrected chi connectivity index (χ2v) is 9.50. The van der Waals surface area contributed by atoms with E-state index in [1.165, 1.54) is 6.07 Å². The number of rotatable bonds is 9. The number of halogens is 10. The van der Waals surface area contributed by atoms with E-state index in [1.54, 1.807) is 0 Å². The maximum atomic E-state index is 14.9. The zero-order chi connectivity index (χ0) is 31.5. The molecular weight excluding hydrogens is 602 g/mol. The molecule has 0 atom stereocenters. The summed E-state index contributed by atoms with van der Waals surface area (Å²) in [5.74, 6) is -10.7. The molecule has 1 heterocycles. The number of alkyl halides is 5. The monoisotopic (exact) mass is 624 g/mol. The van der Waals surface area contributed by atoms with E-state index in [1.807, 2.05) is 6.92 Å². The summed E-state index contributed by atoms with van der Waals surface area (Å²) in [6.07, 6.45) is -9.33. The van der Waals surface area contributed by atoms with Gasteiger partial charge >= 0.3 is 12.3 Å². The van der Waals surface area contributed by atoms with Crippen molar-refractivity contribution in [3.63, 3.8) is 0 Å². The predicted molar refractivity (Wildman–Crippen MR) is 131 cm³/mol. The highest BCUT2D eigenvalue weighted by Gasteiger charge is 2.42. The Kier molecular flexibility index (Phi) is 9.60. The largest absolute Gasteiger partial charge is 0.459 e. The normalized spacial score (nSPS) is 17.8. The fourth-order valence-electron chi connectivity index (χ4n) is 4.32. The summed E-state index contributed by atoms with van der Waals surface area (Å²) in [6, 6.07) is 4.63. The zero-order valence-corrected chi connectivity index (χ0v) is 22.1. The van der Waals surface area contributed by atoms with Crippen LogP contribution in [0.3, 0.4) is 0 Å². The Hall–Kier alpha value is -3.78. The fourth-order valence-corrected chi connectivity index (χ4v) is 4.32. The van der Waals surface area contributed by atoms with E-state index < -0.39 is 76.4 Å². The lowest BCUT2D eigenvalue weighted by Crippen LogP contribution is -2.27. The van der Waals surface area contributed by atoms with Crippen LogP contribution < -0.4 is 9.47 Å². The molecule has 0 aliphatic carbocycles. The number of allylic oxidation sites excluding steroid dienone is 1. The van der Waals surface area contributed by atoms with Crippen LogP contribution in [-0.2, 0) is 15.6 Å². The van der Waals surface area contributed by atoms with Gasteiger partial charge in [-0.1, -0.05) is 25.5 Å². The summed E-state index contributed by atoms with van der Waals surface area (Å²) < 4.78 is 158. The minimum absolute atomic E-state index is 0.0839. The van der Waals surface area contributed by atoms with Crippen molar-refractivity contribution in [2.45, 2.75) is 38.3 Å². The van der Waals surface area contributed by atoms with E-state index in [-0.39, 0.29) is 29.9 Å². The van der Waals surface area contributed by atoms with Gasteiger partial charge in [0.05, 0.1) is 25.6 Å². The van der Waals surface area contributed by atoms with E-state index in [0.717, 1.165) is 25.0 Å². The molecule has 0 N–H and O–H groups in total. The summed E-state index contributed by atoms with van der Waals surface area (Å²) in [5.41, 5.74) is -2.44. The molecule has 1 aliphatic heterocycles. The van der Waals surface area contributed by atoms with Gasteiger partial charge in [-0.05, 0) is 30.2 Å². The lowest BCUT2D eigenvalue weighted by molar-refractivity contribution is -0.206. The fraction of sp³-hybridized carbons (Fsp3) is 0.310. The Bertz CT molecular complexity index is 1430. The van der Waals surface area contributed by atoms with Crippen molar-refractivity contribution in [1.82, 2.24) is 0 Å². The molecule has 1 aliphatic rings. The third-order valence-corrected chi connectivity index (χ3v) is 6.23. The van der Waals surface area contributed by atoms with Crippen molar-refractivity contribution in [2.75, 3.05) is 13.2 Å². The van der Waals surface area contributed by atoms with Gasteiger partial charge in [-0.25, -0.2) is 22.0 Å². The average molecular weight is 624 g/mol. The topological polar surface area (TPSA) is 36.9 Å². The predicted octanol–water partition coefficient (Wildman–Crippen LogP) is 9.09. The van der Waals surface area contributed by atoms with Crippen molar-refractivity contribution in [3.8, 4) is 22.6 Å². The summed E-state index contributed by atoms with van der Waals surface area (Å²) in [5, 5.41) is 0. The molecule has 0 saturated carbocycles. The van der Waals surface area contributed by atoms with E-state index >= 15 is 0 Å². The van der Waals surface area contributed by atoms with E-state index in [9.17, 15) is 43.9 Å². The Morgan fingerprint density at radius 2 is 1.42 bits per heavy atom. The second-order valence-electron chi connectivity index (χ2n) is 9.50. The van der Waals surface area contributed by atoms with Gasteiger partial charge in [0.15, 0.2) is 23.7 Å². The van der Waals surface area contributed by atoms with Gasteiger partial charge in [0.1, 0.15) is 28.8 Å². The third kappa shape index (κ3) is 7.79. The van der Waals surface area contributed by atoms with E-state index in [4.69, 9.17) is 9.47 Å². The first-order chi connectivity index (χ1) is 20.2. The van der Waals surface area contributed by atoms with Crippen LogP contribution >= 0.6 is 0 Å². The molecule has 3 aromatic carbocycles. The molecule has 3 aromatic rings. The van der Waals surface area contributed by atoms with Gasteiger partial charge in [0, 0.05) is 29.2 Å². The Morgan fingerprint density at radius 3 is 1.95 bits per heavy atom. The highest BCUT2D eigenvalue weighted by atomic mass is 19.4. The molecule has 0 bridgehead atoms. The van der Waals surface area contributed by atoms with Crippen LogP contribution in [0.25, 0.3) is 11.1 Å². The maximum absolute atomic E-state index is 14.9. The molecule has 0 radical (unpaired) electrons. The minimum atomic E-state index is -4.87. The van der Waals surface area contributed by atoms with Gasteiger partial charge < -0.3 is 18.9 Å². The SMILES string of the molecule is CCCC1COC(c2ccc(-c3cc(F)c(C(F)(F)Oc4cc(F)c(O/C=C/C(F)(F)F)c(F)c4)c(F)c3)c(F)c2)OC1. The van der Waals surface area contributed by atoms with Crippen molar-refractivity contribution in [1.29, 1.82) is 0 Å². The molecule has 4 nitrogen and oxygen atoms in total. The molecule has 0 unspecified atom stereocenters. The number of hydrogen-bond donors (Lipinski definition) is 0. The van der Waals surface area contributed by atoms with Crippen LogP contribution in [0.2, 0.25) is 0 Å². The summed E-state index contributed by atoms with van der Waals surface area (Å²) in [7, 11) is 0. The number of ether oxygens (including phenoxy) is 4. The molecule has 14 heteroatoms. The summed E-state index contributed by atoms with van der Waals surface area (Å²) in [4.78, 5) is 0. The molecule has 1 fully saturated rings. The van der Waals surface area contributed by atoms with Gasteiger partial charge in [0.2, 0.25) is 0 Å². The van der Waals surface area contributed by atoms with Gasteiger partial charge in [-0.15, -0.1) is 0 Å². The summed E-state index contributed by atoms with van der Waals surface area (Å²) in [6.45, 7) is 2.80. The van der Waals surface area contributed by atoms with Crippen LogP contribution in [0.1, 0.15) is 37.2 Å². The first-order valence-corrected chi connectivity index (χ1v) is 12.7. The molecule has 0 spiro atoms. The Labute approximate surface area is 238 Å². The van der Waals surface area contributed by atoms with Gasteiger partial charge in [-0.3, -0.25) is 0 Å². The number of benzene rings is 3. The van der Waals surface area contributed by atoms with Crippen molar-refractivity contribution in [3.05, 3.63) is 95.0 Å². The lowest BCUT2D eigenvalue weighted by Gasteiger charge is -2.29. The van der Waals surface area contributed by atoms with E-state index in [0.29, 0.717) is 30.9 Å². The summed E-state index contributed by atoms with van der Waals surface area (Å²) >= 11 is 0.